The Morgan fingerprint density at radius 2 is 2.18 bits per heavy atom. The van der Waals surface area contributed by atoms with Gasteiger partial charge in [-0.1, -0.05) is 6.92 Å². The van der Waals surface area contributed by atoms with Crippen LogP contribution >= 0.6 is 0 Å². The monoisotopic (exact) mass is 385 g/mol. The molecule has 0 aromatic carbocycles. The molecule has 1 amide bonds. The number of nitrogens with zero attached hydrogens (tertiary/aromatic N) is 4. The van der Waals surface area contributed by atoms with E-state index in [-0.39, 0.29) is 17.9 Å². The molecule has 0 saturated carbocycles. The molecule has 3 heterocycles. The Bertz CT molecular complexity index is 724. The first-order chi connectivity index (χ1) is 13.5. The lowest BCUT2D eigenvalue weighted by atomic mass is 9.99. The van der Waals surface area contributed by atoms with Crippen molar-refractivity contribution in [1.82, 2.24) is 14.8 Å². The summed E-state index contributed by atoms with van der Waals surface area (Å²) < 4.78 is 5.86. The predicted octanol–water partition coefficient (Wildman–Crippen LogP) is 2.02. The normalized spacial score (nSPS) is 23.4. The Morgan fingerprint density at radius 3 is 2.82 bits per heavy atom. The summed E-state index contributed by atoms with van der Waals surface area (Å²) in [5.41, 5.74) is 1.30. The van der Waals surface area contributed by atoms with Crippen LogP contribution in [0, 0.1) is 24.2 Å². The maximum Gasteiger partial charge on any atom is 0.228 e. The van der Waals surface area contributed by atoms with Crippen molar-refractivity contribution in [3.8, 4) is 6.07 Å². The number of anilines is 1. The summed E-state index contributed by atoms with van der Waals surface area (Å²) in [5.74, 6) is 0.885. The summed E-state index contributed by atoms with van der Waals surface area (Å²) in [6.07, 6.45) is 2.85. The van der Waals surface area contributed by atoms with E-state index in [2.05, 4.69) is 28.2 Å². The minimum atomic E-state index is -0.0586. The van der Waals surface area contributed by atoms with Crippen molar-refractivity contribution in [1.29, 1.82) is 5.26 Å². The van der Waals surface area contributed by atoms with Crippen LogP contribution in [0.3, 0.4) is 0 Å². The number of aryl methyl sites for hydroxylation is 1. The zero-order chi connectivity index (χ0) is 20.1. The lowest BCUT2D eigenvalue weighted by molar-refractivity contribution is -0.137. The van der Waals surface area contributed by atoms with Crippen LogP contribution in [0.25, 0.3) is 0 Å². The van der Waals surface area contributed by atoms with E-state index in [4.69, 9.17) is 10.00 Å². The number of pyridine rings is 1. The molecule has 3 rings (SSSR count). The van der Waals surface area contributed by atoms with Crippen LogP contribution in [-0.2, 0) is 9.53 Å². The fraction of sp³-hybridized carbons (Fsp3) is 0.667. The molecule has 0 bridgehead atoms. The van der Waals surface area contributed by atoms with Gasteiger partial charge in [0.05, 0.1) is 29.9 Å². The highest BCUT2D eigenvalue weighted by atomic mass is 16.5. The highest BCUT2D eigenvalue weighted by Crippen LogP contribution is 2.25. The van der Waals surface area contributed by atoms with Gasteiger partial charge in [0.2, 0.25) is 5.91 Å². The third-order valence-corrected chi connectivity index (χ3v) is 6.05. The third-order valence-electron chi connectivity index (χ3n) is 6.05. The van der Waals surface area contributed by atoms with E-state index in [9.17, 15) is 4.79 Å². The standard InChI is InChI=1S/C21H31N5O2/c1-4-26-9-7-18(8-10-26)25(3)21(27)17-11-19(28-14-17)13-23-20-6-5-16(12-22)15(2)24-20/h5-6,17-19H,4,7-11,13-14H2,1-3H3,(H,23,24)/t17-,19-/m0/s1. The smallest absolute Gasteiger partial charge is 0.228 e. The molecule has 2 saturated heterocycles. The molecule has 0 unspecified atom stereocenters. The van der Waals surface area contributed by atoms with Crippen molar-refractivity contribution in [3.63, 3.8) is 0 Å². The quantitative estimate of drug-likeness (QED) is 0.807. The number of carbonyl (C=O) groups is 1. The van der Waals surface area contributed by atoms with E-state index in [0.717, 1.165) is 44.7 Å². The summed E-state index contributed by atoms with van der Waals surface area (Å²) >= 11 is 0. The Labute approximate surface area is 167 Å². The van der Waals surface area contributed by atoms with Gasteiger partial charge in [-0.2, -0.15) is 5.26 Å². The van der Waals surface area contributed by atoms with Crippen molar-refractivity contribution in [2.75, 3.05) is 45.2 Å². The Hall–Kier alpha value is -2.17. The van der Waals surface area contributed by atoms with E-state index < -0.39 is 0 Å². The summed E-state index contributed by atoms with van der Waals surface area (Å²) in [4.78, 5) is 21.7. The number of nitriles is 1. The molecule has 1 N–H and O–H groups in total. The van der Waals surface area contributed by atoms with Crippen molar-refractivity contribution in [2.24, 2.45) is 5.92 Å². The van der Waals surface area contributed by atoms with Gasteiger partial charge in [-0.15, -0.1) is 0 Å². The molecule has 7 nitrogen and oxygen atoms in total. The molecule has 2 atom stereocenters. The Balaban J connectivity index is 1.46. The van der Waals surface area contributed by atoms with E-state index in [1.807, 2.05) is 18.9 Å². The number of aromatic nitrogens is 1. The van der Waals surface area contributed by atoms with Gasteiger partial charge in [0.15, 0.2) is 0 Å². The third kappa shape index (κ3) is 4.81. The highest BCUT2D eigenvalue weighted by molar-refractivity contribution is 5.79. The highest BCUT2D eigenvalue weighted by Gasteiger charge is 2.35. The van der Waals surface area contributed by atoms with E-state index in [0.29, 0.717) is 30.5 Å². The van der Waals surface area contributed by atoms with Crippen LogP contribution in [0.5, 0.6) is 0 Å². The van der Waals surface area contributed by atoms with Crippen molar-refractivity contribution >= 4 is 11.7 Å². The number of carbonyl (C=O) groups excluding carboxylic acids is 1. The first-order valence-corrected chi connectivity index (χ1v) is 10.2. The number of ether oxygens (including phenoxy) is 1. The number of piperidine rings is 1. The predicted molar refractivity (Wildman–Crippen MR) is 108 cm³/mol. The molecule has 2 fully saturated rings. The molecular formula is C21H31N5O2. The van der Waals surface area contributed by atoms with Crippen molar-refractivity contribution in [3.05, 3.63) is 23.4 Å². The molecule has 1 aromatic heterocycles. The number of hydrogen-bond donors (Lipinski definition) is 1. The molecule has 0 spiro atoms. The van der Waals surface area contributed by atoms with Gasteiger partial charge in [0, 0.05) is 32.7 Å². The molecule has 0 aliphatic carbocycles. The first-order valence-electron chi connectivity index (χ1n) is 10.2. The largest absolute Gasteiger partial charge is 0.376 e. The van der Waals surface area contributed by atoms with Gasteiger partial charge in [-0.3, -0.25) is 4.79 Å². The Kier molecular flexibility index (Phi) is 6.87. The summed E-state index contributed by atoms with van der Waals surface area (Å²) in [6, 6.07) is 6.04. The lowest BCUT2D eigenvalue weighted by Crippen LogP contribution is -2.47. The van der Waals surface area contributed by atoms with E-state index in [1.54, 1.807) is 12.1 Å². The van der Waals surface area contributed by atoms with E-state index in [1.165, 1.54) is 0 Å². The van der Waals surface area contributed by atoms with Crippen LogP contribution in [0.4, 0.5) is 5.82 Å². The SMILES string of the molecule is CCN1CCC(N(C)C(=O)[C@@H]2CO[C@H](CNc3ccc(C#N)c(C)n3)C2)CC1. The molecule has 0 radical (unpaired) electrons. The zero-order valence-corrected chi connectivity index (χ0v) is 17.1. The van der Waals surface area contributed by atoms with Gasteiger partial charge in [0.25, 0.3) is 0 Å². The lowest BCUT2D eigenvalue weighted by Gasteiger charge is -2.37. The van der Waals surface area contributed by atoms with Gasteiger partial charge >= 0.3 is 0 Å². The van der Waals surface area contributed by atoms with Gasteiger partial charge < -0.3 is 19.9 Å². The number of amides is 1. The molecule has 2 aliphatic heterocycles. The number of nitrogens with one attached hydrogen (secondary N) is 1. The maximum absolute atomic E-state index is 12.9. The fourth-order valence-electron chi connectivity index (χ4n) is 4.11. The molecule has 28 heavy (non-hydrogen) atoms. The van der Waals surface area contributed by atoms with Gasteiger partial charge in [0.1, 0.15) is 11.9 Å². The first kappa shape index (κ1) is 20.6. The van der Waals surface area contributed by atoms with Crippen LogP contribution in [0.1, 0.15) is 37.4 Å². The van der Waals surface area contributed by atoms with Crippen LogP contribution in [0.2, 0.25) is 0 Å². The maximum atomic E-state index is 12.9. The Morgan fingerprint density at radius 1 is 1.43 bits per heavy atom. The molecule has 1 aromatic rings. The van der Waals surface area contributed by atoms with Crippen LogP contribution < -0.4 is 5.32 Å². The summed E-state index contributed by atoms with van der Waals surface area (Å²) in [6.45, 7) is 8.35. The van der Waals surface area contributed by atoms with Crippen molar-refractivity contribution in [2.45, 2.75) is 45.3 Å². The zero-order valence-electron chi connectivity index (χ0n) is 17.1. The van der Waals surface area contributed by atoms with Gasteiger partial charge in [-0.25, -0.2) is 4.98 Å². The second-order valence-electron chi connectivity index (χ2n) is 7.82. The van der Waals surface area contributed by atoms with Crippen LogP contribution in [-0.4, -0.2) is 72.7 Å². The minimum Gasteiger partial charge on any atom is -0.376 e. The van der Waals surface area contributed by atoms with Crippen molar-refractivity contribution < 1.29 is 9.53 Å². The topological polar surface area (TPSA) is 81.5 Å². The fourth-order valence-corrected chi connectivity index (χ4v) is 4.11. The number of likely N-dealkylation sites (tertiary alicyclic amines) is 1. The minimum absolute atomic E-state index is 0.00189. The van der Waals surface area contributed by atoms with E-state index >= 15 is 0 Å². The molecule has 7 heteroatoms. The second-order valence-corrected chi connectivity index (χ2v) is 7.82. The number of hydrogen-bond acceptors (Lipinski definition) is 6. The average Bonchev–Trinajstić information content (AvgIpc) is 3.20. The molecular weight excluding hydrogens is 354 g/mol. The summed E-state index contributed by atoms with van der Waals surface area (Å²) in [5, 5.41) is 12.3. The number of rotatable bonds is 6. The summed E-state index contributed by atoms with van der Waals surface area (Å²) in [7, 11) is 1.95. The van der Waals surface area contributed by atoms with Gasteiger partial charge in [-0.05, 0) is 44.9 Å². The average molecular weight is 386 g/mol. The molecule has 152 valence electrons. The molecule has 2 aliphatic rings. The second kappa shape index (κ2) is 9.35. The van der Waals surface area contributed by atoms with Crippen LogP contribution in [0.15, 0.2) is 12.1 Å².